The molecule has 2 heterocycles. The summed E-state index contributed by atoms with van der Waals surface area (Å²) in [5.41, 5.74) is 0. The first-order valence-electron chi connectivity index (χ1n) is 5.29. The van der Waals surface area contributed by atoms with E-state index in [0.717, 1.165) is 24.2 Å². The zero-order valence-electron chi connectivity index (χ0n) is 8.58. The van der Waals surface area contributed by atoms with Crippen LogP contribution in [0.5, 0.6) is 5.88 Å². The van der Waals surface area contributed by atoms with Crippen molar-refractivity contribution in [2.24, 2.45) is 5.92 Å². The molecule has 2 rings (SSSR count). The van der Waals surface area contributed by atoms with Gasteiger partial charge in [-0.3, -0.25) is 0 Å². The smallest absolute Gasteiger partial charge is 0.213 e. The van der Waals surface area contributed by atoms with Crippen LogP contribution >= 0.6 is 15.9 Å². The van der Waals surface area contributed by atoms with Gasteiger partial charge in [0.15, 0.2) is 0 Å². The number of nitrogens with one attached hydrogen (secondary N) is 1. The summed E-state index contributed by atoms with van der Waals surface area (Å²) in [5, 5.41) is 3.37. The second kappa shape index (κ2) is 5.47. The highest BCUT2D eigenvalue weighted by atomic mass is 79.9. The van der Waals surface area contributed by atoms with E-state index in [9.17, 15) is 0 Å². The van der Waals surface area contributed by atoms with Crippen LogP contribution < -0.4 is 10.1 Å². The van der Waals surface area contributed by atoms with Crippen molar-refractivity contribution in [1.82, 2.24) is 10.3 Å². The van der Waals surface area contributed by atoms with Crippen molar-refractivity contribution >= 4 is 15.9 Å². The Balaban J connectivity index is 1.79. The van der Waals surface area contributed by atoms with Gasteiger partial charge in [0.25, 0.3) is 0 Å². The summed E-state index contributed by atoms with van der Waals surface area (Å²) in [5.74, 6) is 1.34. The van der Waals surface area contributed by atoms with E-state index >= 15 is 0 Å². The minimum absolute atomic E-state index is 0.629. The number of piperidine rings is 1. The standard InChI is InChI=1S/C11H15BrN2O/c12-10-3-4-11(14-7-10)15-8-9-2-1-5-13-6-9/h3-4,7,9,13H,1-2,5-6,8H2. The molecule has 1 aliphatic heterocycles. The molecule has 1 unspecified atom stereocenters. The monoisotopic (exact) mass is 270 g/mol. The quantitative estimate of drug-likeness (QED) is 0.915. The minimum atomic E-state index is 0.629. The molecule has 0 aromatic carbocycles. The van der Waals surface area contributed by atoms with Gasteiger partial charge in [0.2, 0.25) is 5.88 Å². The van der Waals surface area contributed by atoms with Crippen molar-refractivity contribution in [2.75, 3.05) is 19.7 Å². The molecule has 1 atom stereocenters. The van der Waals surface area contributed by atoms with Crippen LogP contribution in [0.25, 0.3) is 0 Å². The number of halogens is 1. The molecule has 0 radical (unpaired) electrons. The average Bonchev–Trinajstić information content (AvgIpc) is 2.30. The molecule has 0 amide bonds. The summed E-state index contributed by atoms with van der Waals surface area (Å²) in [7, 11) is 0. The van der Waals surface area contributed by atoms with Crippen LogP contribution in [0.1, 0.15) is 12.8 Å². The van der Waals surface area contributed by atoms with Crippen LogP contribution in [0.15, 0.2) is 22.8 Å². The average molecular weight is 271 g/mol. The van der Waals surface area contributed by atoms with E-state index in [1.54, 1.807) is 6.20 Å². The van der Waals surface area contributed by atoms with E-state index in [1.807, 2.05) is 12.1 Å². The molecule has 15 heavy (non-hydrogen) atoms. The van der Waals surface area contributed by atoms with Crippen LogP contribution in [0.4, 0.5) is 0 Å². The molecule has 1 N–H and O–H groups in total. The van der Waals surface area contributed by atoms with Crippen molar-refractivity contribution in [3.63, 3.8) is 0 Å². The highest BCUT2D eigenvalue weighted by Gasteiger charge is 2.13. The second-order valence-corrected chi connectivity index (χ2v) is 4.75. The van der Waals surface area contributed by atoms with Crippen molar-refractivity contribution in [1.29, 1.82) is 0 Å². The first-order chi connectivity index (χ1) is 7.34. The number of ether oxygens (including phenoxy) is 1. The van der Waals surface area contributed by atoms with E-state index in [4.69, 9.17) is 4.74 Å². The van der Waals surface area contributed by atoms with Crippen molar-refractivity contribution in [3.05, 3.63) is 22.8 Å². The lowest BCUT2D eigenvalue weighted by Gasteiger charge is -2.22. The number of hydrogen-bond acceptors (Lipinski definition) is 3. The SMILES string of the molecule is Brc1ccc(OCC2CCCNC2)nc1. The van der Waals surface area contributed by atoms with Gasteiger partial charge in [-0.25, -0.2) is 4.98 Å². The fourth-order valence-electron chi connectivity index (χ4n) is 1.72. The fraction of sp³-hybridized carbons (Fsp3) is 0.545. The zero-order valence-corrected chi connectivity index (χ0v) is 10.2. The lowest BCUT2D eigenvalue weighted by molar-refractivity contribution is 0.212. The van der Waals surface area contributed by atoms with Crippen molar-refractivity contribution < 1.29 is 4.74 Å². The maximum absolute atomic E-state index is 5.63. The van der Waals surface area contributed by atoms with Gasteiger partial charge in [0.05, 0.1) is 6.61 Å². The number of nitrogens with zero attached hydrogens (tertiary/aromatic N) is 1. The highest BCUT2D eigenvalue weighted by molar-refractivity contribution is 9.10. The van der Waals surface area contributed by atoms with Crippen LogP contribution in [0, 0.1) is 5.92 Å². The van der Waals surface area contributed by atoms with E-state index in [2.05, 4.69) is 26.2 Å². The Bertz CT molecular complexity index is 296. The summed E-state index contributed by atoms with van der Waals surface area (Å²) in [6, 6.07) is 3.84. The summed E-state index contributed by atoms with van der Waals surface area (Å²) in [6.45, 7) is 2.98. The van der Waals surface area contributed by atoms with Gasteiger partial charge in [-0.1, -0.05) is 0 Å². The first kappa shape index (κ1) is 10.9. The number of hydrogen-bond donors (Lipinski definition) is 1. The molecule has 1 saturated heterocycles. The van der Waals surface area contributed by atoms with Gasteiger partial charge in [-0.2, -0.15) is 0 Å². The fourth-order valence-corrected chi connectivity index (χ4v) is 1.95. The van der Waals surface area contributed by atoms with Gasteiger partial charge in [-0.05, 0) is 41.4 Å². The maximum Gasteiger partial charge on any atom is 0.213 e. The third-order valence-electron chi connectivity index (χ3n) is 2.57. The van der Waals surface area contributed by atoms with Crippen LogP contribution in [0.2, 0.25) is 0 Å². The molecule has 3 nitrogen and oxygen atoms in total. The Hall–Kier alpha value is -0.610. The molecule has 0 aliphatic carbocycles. The lowest BCUT2D eigenvalue weighted by atomic mass is 10.0. The number of rotatable bonds is 3. The Labute approximate surface area is 98.4 Å². The van der Waals surface area contributed by atoms with Crippen LogP contribution in [0.3, 0.4) is 0 Å². The summed E-state index contributed by atoms with van der Waals surface area (Å²) >= 11 is 3.35. The van der Waals surface area contributed by atoms with E-state index in [-0.39, 0.29) is 0 Å². The van der Waals surface area contributed by atoms with Gasteiger partial charge >= 0.3 is 0 Å². The maximum atomic E-state index is 5.63. The van der Waals surface area contributed by atoms with Crippen molar-refractivity contribution in [3.8, 4) is 5.88 Å². The molecule has 1 aliphatic rings. The second-order valence-electron chi connectivity index (χ2n) is 3.84. The topological polar surface area (TPSA) is 34.1 Å². The summed E-state index contributed by atoms with van der Waals surface area (Å²) in [4.78, 5) is 4.17. The van der Waals surface area contributed by atoms with Crippen LogP contribution in [-0.2, 0) is 0 Å². The highest BCUT2D eigenvalue weighted by Crippen LogP contribution is 2.15. The van der Waals surface area contributed by atoms with Gasteiger partial charge in [0.1, 0.15) is 0 Å². The molecule has 1 fully saturated rings. The molecule has 1 aromatic heterocycles. The van der Waals surface area contributed by atoms with E-state index < -0.39 is 0 Å². The molecule has 0 spiro atoms. The first-order valence-corrected chi connectivity index (χ1v) is 6.09. The Morgan fingerprint density at radius 3 is 3.13 bits per heavy atom. The summed E-state index contributed by atoms with van der Waals surface area (Å²) < 4.78 is 6.61. The van der Waals surface area contributed by atoms with E-state index in [1.165, 1.54) is 12.8 Å². The Morgan fingerprint density at radius 2 is 2.47 bits per heavy atom. The molecule has 1 aromatic rings. The van der Waals surface area contributed by atoms with Crippen LogP contribution in [-0.4, -0.2) is 24.7 Å². The van der Waals surface area contributed by atoms with Gasteiger partial charge in [0, 0.05) is 29.2 Å². The number of pyridine rings is 1. The van der Waals surface area contributed by atoms with Crippen molar-refractivity contribution in [2.45, 2.75) is 12.8 Å². The minimum Gasteiger partial charge on any atom is -0.477 e. The van der Waals surface area contributed by atoms with Gasteiger partial charge < -0.3 is 10.1 Å². The third-order valence-corrected chi connectivity index (χ3v) is 3.04. The predicted molar refractivity (Wildman–Crippen MR) is 63.0 cm³/mol. The Kier molecular flexibility index (Phi) is 3.97. The Morgan fingerprint density at radius 1 is 1.53 bits per heavy atom. The third kappa shape index (κ3) is 3.47. The van der Waals surface area contributed by atoms with E-state index in [0.29, 0.717) is 11.8 Å². The van der Waals surface area contributed by atoms with Gasteiger partial charge in [-0.15, -0.1) is 0 Å². The largest absolute Gasteiger partial charge is 0.477 e. The normalized spacial score (nSPS) is 21.3. The zero-order chi connectivity index (χ0) is 10.5. The molecule has 0 bridgehead atoms. The predicted octanol–water partition coefficient (Wildman–Crippen LogP) is 2.22. The molecule has 4 heteroatoms. The molecular weight excluding hydrogens is 256 g/mol. The lowest BCUT2D eigenvalue weighted by Crippen LogP contribution is -2.33. The number of aromatic nitrogens is 1. The molecule has 0 saturated carbocycles. The summed E-state index contributed by atoms with van der Waals surface area (Å²) in [6.07, 6.45) is 4.26. The molecule has 82 valence electrons. The molecular formula is C11H15BrN2O.